The molecule has 144 valence electrons. The first-order valence-electron chi connectivity index (χ1n) is 8.25. The normalized spacial score (nSPS) is 10.2. The maximum Gasteiger partial charge on any atom is 0.359 e. The fourth-order valence-electron chi connectivity index (χ4n) is 2.25. The second-order valence-electron chi connectivity index (χ2n) is 5.47. The van der Waals surface area contributed by atoms with E-state index < -0.39 is 18.5 Å². The second-order valence-corrected chi connectivity index (χ2v) is 5.47. The van der Waals surface area contributed by atoms with Crippen LogP contribution < -0.4 is 20.3 Å². The van der Waals surface area contributed by atoms with Crippen molar-refractivity contribution in [2.24, 2.45) is 0 Å². The van der Waals surface area contributed by atoms with E-state index in [1.807, 2.05) is 6.92 Å². The first kappa shape index (κ1) is 20.0. The molecule has 9 nitrogen and oxygen atoms in total. The van der Waals surface area contributed by atoms with Crippen molar-refractivity contribution in [1.29, 1.82) is 0 Å². The van der Waals surface area contributed by atoms with Crippen molar-refractivity contribution >= 4 is 17.6 Å². The van der Waals surface area contributed by atoms with Gasteiger partial charge in [0.05, 0.1) is 14.2 Å². The van der Waals surface area contributed by atoms with Gasteiger partial charge in [-0.1, -0.05) is 6.92 Å². The largest absolute Gasteiger partial charge is 0.493 e. The summed E-state index contributed by atoms with van der Waals surface area (Å²) in [5, 5.41) is 6.52. The van der Waals surface area contributed by atoms with Crippen LogP contribution in [-0.4, -0.2) is 42.5 Å². The predicted octanol–water partition coefficient (Wildman–Crippen LogP) is 1.47. The Labute approximate surface area is 155 Å². The highest BCUT2D eigenvalue weighted by Crippen LogP contribution is 2.29. The highest BCUT2D eigenvalue weighted by Gasteiger charge is 2.14. The third-order valence-corrected chi connectivity index (χ3v) is 3.51. The van der Waals surface area contributed by atoms with Crippen molar-refractivity contribution in [1.82, 2.24) is 9.78 Å². The molecule has 0 aliphatic heterocycles. The first-order chi connectivity index (χ1) is 13.0. The van der Waals surface area contributed by atoms with Crippen LogP contribution in [0.5, 0.6) is 11.5 Å². The van der Waals surface area contributed by atoms with Crippen LogP contribution in [0, 0.1) is 0 Å². The molecule has 0 unspecified atom stereocenters. The Hall–Kier alpha value is -3.36. The van der Waals surface area contributed by atoms with Gasteiger partial charge in [0.1, 0.15) is 0 Å². The number of nitrogens with zero attached hydrogens (tertiary/aromatic N) is 2. The molecular weight excluding hydrogens is 354 g/mol. The first-order valence-corrected chi connectivity index (χ1v) is 8.25. The zero-order valence-electron chi connectivity index (χ0n) is 15.4. The zero-order valence-corrected chi connectivity index (χ0v) is 15.4. The molecule has 1 aromatic carbocycles. The number of rotatable bonds is 8. The van der Waals surface area contributed by atoms with Crippen LogP contribution in [0.4, 0.5) is 5.69 Å². The smallest absolute Gasteiger partial charge is 0.359 e. The summed E-state index contributed by atoms with van der Waals surface area (Å²) >= 11 is 0. The Bertz CT molecular complexity index is 878. The highest BCUT2D eigenvalue weighted by molar-refractivity contribution is 5.95. The molecular formula is C18H21N3O6. The van der Waals surface area contributed by atoms with Crippen molar-refractivity contribution in [2.45, 2.75) is 19.9 Å². The van der Waals surface area contributed by atoms with Gasteiger partial charge < -0.3 is 19.5 Å². The van der Waals surface area contributed by atoms with Gasteiger partial charge in [-0.2, -0.15) is 5.10 Å². The van der Waals surface area contributed by atoms with Crippen molar-refractivity contribution in [3.8, 4) is 11.5 Å². The number of carbonyl (C=O) groups is 2. The minimum Gasteiger partial charge on any atom is -0.493 e. The number of benzene rings is 1. The van der Waals surface area contributed by atoms with Gasteiger partial charge in [-0.15, -0.1) is 0 Å². The van der Waals surface area contributed by atoms with E-state index in [4.69, 9.17) is 14.2 Å². The summed E-state index contributed by atoms with van der Waals surface area (Å²) in [4.78, 5) is 35.6. The van der Waals surface area contributed by atoms with Crippen molar-refractivity contribution < 1.29 is 23.8 Å². The molecule has 0 spiro atoms. The van der Waals surface area contributed by atoms with E-state index in [9.17, 15) is 14.4 Å². The van der Waals surface area contributed by atoms with E-state index in [1.54, 1.807) is 18.2 Å². The van der Waals surface area contributed by atoms with Crippen LogP contribution in [0.15, 0.2) is 35.1 Å². The quantitative estimate of drug-likeness (QED) is 0.696. The van der Waals surface area contributed by atoms with Gasteiger partial charge in [-0.05, 0) is 24.6 Å². The number of methoxy groups -OCH3 is 2. The maximum atomic E-state index is 12.0. The van der Waals surface area contributed by atoms with E-state index >= 15 is 0 Å². The number of nitrogens with one attached hydrogen (secondary N) is 1. The molecule has 0 saturated heterocycles. The third-order valence-electron chi connectivity index (χ3n) is 3.51. The van der Waals surface area contributed by atoms with Crippen LogP contribution in [0.25, 0.3) is 0 Å². The lowest BCUT2D eigenvalue weighted by molar-refractivity contribution is -0.119. The summed E-state index contributed by atoms with van der Waals surface area (Å²) in [6.07, 6.45) is 0.694. The monoisotopic (exact) mass is 375 g/mol. The van der Waals surface area contributed by atoms with Crippen LogP contribution in [-0.2, 0) is 16.1 Å². The van der Waals surface area contributed by atoms with Crippen molar-refractivity contribution in [3.05, 3.63) is 46.4 Å². The number of anilines is 1. The summed E-state index contributed by atoms with van der Waals surface area (Å²) in [5.41, 5.74) is 0.116. The topological polar surface area (TPSA) is 109 Å². The Morgan fingerprint density at radius 1 is 1.11 bits per heavy atom. The third kappa shape index (κ3) is 5.30. The number of esters is 1. The van der Waals surface area contributed by atoms with Crippen LogP contribution in [0.2, 0.25) is 0 Å². The van der Waals surface area contributed by atoms with Gasteiger partial charge in [0.2, 0.25) is 0 Å². The van der Waals surface area contributed by atoms with E-state index in [2.05, 4.69) is 10.4 Å². The maximum absolute atomic E-state index is 12.0. The Balaban J connectivity index is 1.96. The number of amides is 1. The molecule has 0 atom stereocenters. The van der Waals surface area contributed by atoms with Crippen LogP contribution >= 0.6 is 0 Å². The van der Waals surface area contributed by atoms with Gasteiger partial charge in [0.25, 0.3) is 11.5 Å². The van der Waals surface area contributed by atoms with Gasteiger partial charge in [-0.3, -0.25) is 9.59 Å². The molecule has 0 bridgehead atoms. The Morgan fingerprint density at radius 3 is 2.52 bits per heavy atom. The minimum absolute atomic E-state index is 0.0398. The summed E-state index contributed by atoms with van der Waals surface area (Å²) in [7, 11) is 2.99. The van der Waals surface area contributed by atoms with E-state index in [1.165, 1.54) is 31.0 Å². The molecule has 0 radical (unpaired) electrons. The Morgan fingerprint density at radius 2 is 1.85 bits per heavy atom. The summed E-state index contributed by atoms with van der Waals surface area (Å²) in [6, 6.07) is 7.36. The molecule has 2 aromatic rings. The average molecular weight is 375 g/mol. The van der Waals surface area contributed by atoms with Crippen molar-refractivity contribution in [3.63, 3.8) is 0 Å². The molecule has 1 aromatic heterocycles. The summed E-state index contributed by atoms with van der Waals surface area (Å²) in [5.74, 6) is -0.343. The number of hydrogen-bond acceptors (Lipinski definition) is 7. The summed E-state index contributed by atoms with van der Waals surface area (Å²) in [6.45, 7) is 1.78. The van der Waals surface area contributed by atoms with Crippen LogP contribution in [0.1, 0.15) is 23.8 Å². The Kier molecular flexibility index (Phi) is 6.93. The molecule has 0 aliphatic rings. The SMILES string of the molecule is CCCn1nc(C(=O)OCC(=O)Nc2ccc(OC)c(OC)c2)ccc1=O. The number of hydrogen-bond donors (Lipinski definition) is 1. The minimum atomic E-state index is -0.790. The average Bonchev–Trinajstić information content (AvgIpc) is 2.67. The lowest BCUT2D eigenvalue weighted by Crippen LogP contribution is -2.26. The van der Waals surface area contributed by atoms with Gasteiger partial charge >= 0.3 is 5.97 Å². The molecule has 0 fully saturated rings. The van der Waals surface area contributed by atoms with Gasteiger partial charge in [-0.25, -0.2) is 9.48 Å². The lowest BCUT2D eigenvalue weighted by atomic mass is 10.2. The van der Waals surface area contributed by atoms with E-state index in [0.717, 1.165) is 0 Å². The fraction of sp³-hybridized carbons (Fsp3) is 0.333. The molecule has 2 rings (SSSR count). The highest BCUT2D eigenvalue weighted by atomic mass is 16.5. The standard InChI is InChI=1S/C18H21N3O6/c1-4-9-21-17(23)8-6-13(20-21)18(24)27-11-16(22)19-12-5-7-14(25-2)15(10-12)26-3/h5-8,10H,4,9,11H2,1-3H3,(H,19,22). The number of aromatic nitrogens is 2. The molecule has 0 saturated carbocycles. The second kappa shape index (κ2) is 9.37. The van der Waals surface area contributed by atoms with E-state index in [-0.39, 0.29) is 11.3 Å². The summed E-state index contributed by atoms with van der Waals surface area (Å²) < 4.78 is 16.4. The van der Waals surface area contributed by atoms with Gasteiger partial charge in [0, 0.05) is 24.4 Å². The number of ether oxygens (including phenoxy) is 3. The van der Waals surface area contributed by atoms with E-state index in [0.29, 0.717) is 30.2 Å². The number of aryl methyl sites for hydroxylation is 1. The molecule has 1 N–H and O–H groups in total. The lowest BCUT2D eigenvalue weighted by Gasteiger charge is -2.11. The molecule has 1 heterocycles. The number of carbonyl (C=O) groups excluding carboxylic acids is 2. The molecule has 27 heavy (non-hydrogen) atoms. The van der Waals surface area contributed by atoms with Crippen molar-refractivity contribution in [2.75, 3.05) is 26.1 Å². The predicted molar refractivity (Wildman–Crippen MR) is 97.2 cm³/mol. The molecule has 0 aliphatic carbocycles. The zero-order chi connectivity index (χ0) is 19.8. The molecule has 1 amide bonds. The van der Waals surface area contributed by atoms with Gasteiger partial charge in [0.15, 0.2) is 23.8 Å². The molecule has 9 heteroatoms. The fourth-order valence-corrected chi connectivity index (χ4v) is 2.25. The van der Waals surface area contributed by atoms with Crippen LogP contribution in [0.3, 0.4) is 0 Å².